The van der Waals surface area contributed by atoms with E-state index in [0.717, 1.165) is 33.9 Å². The predicted octanol–water partition coefficient (Wildman–Crippen LogP) is 8.26. The molecule has 3 heteroatoms. The molecule has 0 bridgehead atoms. The van der Waals surface area contributed by atoms with Gasteiger partial charge in [-0.15, -0.1) is 0 Å². The molecule has 0 unspecified atom stereocenters. The first-order valence-corrected chi connectivity index (χ1v) is 14.8. The first-order valence-electron chi connectivity index (χ1n) is 14.8. The molecule has 1 N–H and O–H groups in total. The van der Waals surface area contributed by atoms with Crippen LogP contribution in [0.25, 0.3) is 34.1 Å². The molecule has 43 heavy (non-hydrogen) atoms. The summed E-state index contributed by atoms with van der Waals surface area (Å²) in [5, 5.41) is 13.6. The molecule has 1 aliphatic rings. The number of nitrogens with one attached hydrogen (secondary N) is 1. The molecule has 0 amide bonds. The van der Waals surface area contributed by atoms with Crippen molar-refractivity contribution in [2.75, 3.05) is 0 Å². The van der Waals surface area contributed by atoms with E-state index in [4.69, 9.17) is 15.4 Å². The van der Waals surface area contributed by atoms with Gasteiger partial charge in [0.2, 0.25) is 0 Å². The maximum atomic E-state index is 8.87. The Kier molecular flexibility index (Phi) is 8.06. The van der Waals surface area contributed by atoms with E-state index in [1.807, 2.05) is 24.4 Å². The van der Waals surface area contributed by atoms with Crippen LogP contribution in [0.2, 0.25) is 0 Å². The molecule has 0 aliphatic heterocycles. The van der Waals surface area contributed by atoms with Gasteiger partial charge in [-0.2, -0.15) is 0 Å². The highest BCUT2D eigenvalue weighted by Crippen LogP contribution is 2.28. The maximum Gasteiger partial charge on any atom is 0.161 e. The Morgan fingerprint density at radius 1 is 0.721 bits per heavy atom. The van der Waals surface area contributed by atoms with Crippen LogP contribution in [-0.4, -0.2) is 17.9 Å². The summed E-state index contributed by atoms with van der Waals surface area (Å²) >= 11 is 0. The van der Waals surface area contributed by atoms with Gasteiger partial charge in [0.05, 0.1) is 0 Å². The molecule has 0 radical (unpaired) electrons. The SMILES string of the molecule is Cc1ccc(-c2ccc(C=NC(=NC(=N)CC3=CCC=c4ccccc4=C3)c3ccc4ccccc4c3)cc2C)c(C)c1. The Hall–Kier alpha value is -5.15. The first-order chi connectivity index (χ1) is 20.9. The Bertz CT molecular complexity index is 2080. The molecule has 0 atom stereocenters. The molecule has 5 aromatic carbocycles. The summed E-state index contributed by atoms with van der Waals surface area (Å²) in [5.41, 5.74) is 9.20. The second kappa shape index (κ2) is 12.4. The molecule has 0 saturated carbocycles. The van der Waals surface area contributed by atoms with Gasteiger partial charge in [0.1, 0.15) is 5.84 Å². The van der Waals surface area contributed by atoms with Crippen LogP contribution in [-0.2, 0) is 0 Å². The Morgan fingerprint density at radius 2 is 1.44 bits per heavy atom. The van der Waals surface area contributed by atoms with E-state index in [-0.39, 0.29) is 5.84 Å². The van der Waals surface area contributed by atoms with Gasteiger partial charge in [-0.05, 0) is 93.9 Å². The highest BCUT2D eigenvalue weighted by molar-refractivity contribution is 6.11. The van der Waals surface area contributed by atoms with E-state index in [1.54, 1.807) is 0 Å². The van der Waals surface area contributed by atoms with Crippen molar-refractivity contribution < 1.29 is 0 Å². The Balaban J connectivity index is 1.32. The molecule has 0 aromatic heterocycles. The second-order valence-electron chi connectivity index (χ2n) is 11.3. The number of aryl methyl sites for hydroxylation is 3. The maximum absolute atomic E-state index is 8.87. The highest BCUT2D eigenvalue weighted by Gasteiger charge is 2.09. The van der Waals surface area contributed by atoms with Gasteiger partial charge in [0.15, 0.2) is 5.84 Å². The van der Waals surface area contributed by atoms with Gasteiger partial charge in [-0.3, -0.25) is 5.41 Å². The molecule has 0 fully saturated rings. The second-order valence-corrected chi connectivity index (χ2v) is 11.3. The fourth-order valence-electron chi connectivity index (χ4n) is 5.73. The normalized spacial score (nSPS) is 13.2. The van der Waals surface area contributed by atoms with Crippen LogP contribution in [0.5, 0.6) is 0 Å². The summed E-state index contributed by atoms with van der Waals surface area (Å²) in [6.07, 6.45) is 9.72. The van der Waals surface area contributed by atoms with Crippen LogP contribution < -0.4 is 10.4 Å². The zero-order chi connectivity index (χ0) is 29.8. The summed E-state index contributed by atoms with van der Waals surface area (Å²) in [6, 6.07) is 35.9. The number of hydrogen-bond donors (Lipinski definition) is 1. The average Bonchev–Trinajstić information content (AvgIpc) is 3.21. The number of benzene rings is 5. The Morgan fingerprint density at radius 3 is 2.23 bits per heavy atom. The van der Waals surface area contributed by atoms with E-state index in [2.05, 4.69) is 124 Å². The smallest absolute Gasteiger partial charge is 0.161 e. The lowest BCUT2D eigenvalue weighted by atomic mass is 9.94. The molecule has 0 spiro atoms. The van der Waals surface area contributed by atoms with Gasteiger partial charge in [-0.25, -0.2) is 9.98 Å². The third-order valence-corrected chi connectivity index (χ3v) is 7.93. The summed E-state index contributed by atoms with van der Waals surface area (Å²) in [4.78, 5) is 9.67. The first kappa shape index (κ1) is 28.0. The third kappa shape index (κ3) is 6.52. The van der Waals surface area contributed by atoms with Gasteiger partial charge in [0.25, 0.3) is 0 Å². The van der Waals surface area contributed by atoms with Crippen LogP contribution in [0.4, 0.5) is 0 Å². The fraction of sp³-hybridized carbons (Fsp3) is 0.125. The lowest BCUT2D eigenvalue weighted by Gasteiger charge is -2.11. The van der Waals surface area contributed by atoms with Gasteiger partial charge in [-0.1, -0.05) is 115 Å². The van der Waals surface area contributed by atoms with Crippen molar-refractivity contribution in [1.29, 1.82) is 5.41 Å². The van der Waals surface area contributed by atoms with Crippen LogP contribution in [0.3, 0.4) is 0 Å². The van der Waals surface area contributed by atoms with Gasteiger partial charge in [0, 0.05) is 18.2 Å². The number of fused-ring (bicyclic) bond motifs is 2. The minimum absolute atomic E-state index is 0.281. The van der Waals surface area contributed by atoms with E-state index in [1.165, 1.54) is 38.3 Å². The zero-order valence-electron chi connectivity index (χ0n) is 24.9. The van der Waals surface area contributed by atoms with Crippen LogP contribution in [0.15, 0.2) is 125 Å². The van der Waals surface area contributed by atoms with Crippen molar-refractivity contribution in [1.82, 2.24) is 0 Å². The van der Waals surface area contributed by atoms with Crippen molar-refractivity contribution in [3.05, 3.63) is 153 Å². The summed E-state index contributed by atoms with van der Waals surface area (Å²) in [7, 11) is 0. The molecule has 5 aromatic rings. The molecule has 1 aliphatic carbocycles. The van der Waals surface area contributed by atoms with Crippen molar-refractivity contribution in [3.8, 4) is 11.1 Å². The molecule has 210 valence electrons. The number of rotatable bonds is 5. The quantitative estimate of drug-likeness (QED) is 0.167. The summed E-state index contributed by atoms with van der Waals surface area (Å²) in [5.74, 6) is 0.816. The summed E-state index contributed by atoms with van der Waals surface area (Å²) < 4.78 is 0. The van der Waals surface area contributed by atoms with Crippen LogP contribution in [0.1, 0.15) is 40.7 Å². The van der Waals surface area contributed by atoms with Crippen LogP contribution in [0, 0.1) is 26.2 Å². The van der Waals surface area contributed by atoms with E-state index in [9.17, 15) is 0 Å². The van der Waals surface area contributed by atoms with Crippen molar-refractivity contribution in [3.63, 3.8) is 0 Å². The number of hydrogen-bond acceptors (Lipinski definition) is 1. The van der Waals surface area contributed by atoms with Crippen molar-refractivity contribution >= 4 is 40.8 Å². The van der Waals surface area contributed by atoms with Crippen LogP contribution >= 0.6 is 0 Å². The molecule has 3 nitrogen and oxygen atoms in total. The number of allylic oxidation sites excluding steroid dienone is 1. The highest BCUT2D eigenvalue weighted by atomic mass is 14.9. The monoisotopic (exact) mass is 557 g/mol. The number of nitrogens with zero attached hydrogens (tertiary/aromatic N) is 2. The minimum Gasteiger partial charge on any atom is -0.286 e. The lowest BCUT2D eigenvalue weighted by molar-refractivity contribution is 1.25. The fourth-order valence-corrected chi connectivity index (χ4v) is 5.73. The molecule has 6 rings (SSSR count). The van der Waals surface area contributed by atoms with Crippen molar-refractivity contribution in [2.45, 2.75) is 33.6 Å². The molecule has 0 heterocycles. The lowest BCUT2D eigenvalue weighted by Crippen LogP contribution is -2.23. The molecule has 0 saturated heterocycles. The Labute approximate surface area is 253 Å². The zero-order valence-corrected chi connectivity index (χ0v) is 24.9. The molecular weight excluding hydrogens is 522 g/mol. The standard InChI is InChI=1S/C40H35N3/c1-27-15-19-37(28(2)21-27)38-20-16-31(22-29(38)3)26-42-40(36-18-17-33-11-5-7-13-35(33)25-36)43-39(41)24-30-9-8-14-32-10-4-6-12-34(32)23-30/h4-7,9-23,25-26,41H,8,24H2,1-3H3. The van der Waals surface area contributed by atoms with E-state index >= 15 is 0 Å². The average molecular weight is 558 g/mol. The number of aliphatic imine (C=N–C) groups is 2. The summed E-state index contributed by atoms with van der Waals surface area (Å²) in [6.45, 7) is 6.44. The van der Waals surface area contributed by atoms with Crippen molar-refractivity contribution in [2.24, 2.45) is 9.98 Å². The van der Waals surface area contributed by atoms with E-state index in [0.29, 0.717) is 12.3 Å². The molecular formula is C40H35N3. The third-order valence-electron chi connectivity index (χ3n) is 7.93. The number of amidine groups is 2. The largest absolute Gasteiger partial charge is 0.286 e. The topological polar surface area (TPSA) is 48.6 Å². The van der Waals surface area contributed by atoms with Gasteiger partial charge >= 0.3 is 0 Å². The van der Waals surface area contributed by atoms with E-state index < -0.39 is 0 Å². The van der Waals surface area contributed by atoms with Gasteiger partial charge < -0.3 is 0 Å². The minimum atomic E-state index is 0.281. The predicted molar refractivity (Wildman–Crippen MR) is 184 cm³/mol.